The summed E-state index contributed by atoms with van der Waals surface area (Å²) in [6, 6.07) is 3.02. The first kappa shape index (κ1) is 24.6. The quantitative estimate of drug-likeness (QED) is 0.438. The number of piperidine rings is 1. The van der Waals surface area contributed by atoms with E-state index in [1.807, 2.05) is 27.7 Å². The summed E-state index contributed by atoms with van der Waals surface area (Å²) in [5.74, 6) is -0.788. The van der Waals surface area contributed by atoms with E-state index in [2.05, 4.69) is 15.3 Å². The number of nitrogens with zero attached hydrogens (tertiary/aromatic N) is 4. The molecule has 0 saturated carbocycles. The summed E-state index contributed by atoms with van der Waals surface area (Å²) >= 11 is 0. The topological polar surface area (TPSA) is 102 Å². The van der Waals surface area contributed by atoms with Crippen LogP contribution in [0.25, 0.3) is 5.65 Å². The molecule has 2 aromatic rings. The summed E-state index contributed by atoms with van der Waals surface area (Å²) in [5.41, 5.74) is 5.01. The number of aliphatic hydroxyl groups is 2. The second-order valence-corrected chi connectivity index (χ2v) is 8.59. The van der Waals surface area contributed by atoms with Gasteiger partial charge in [0, 0.05) is 37.2 Å². The molecule has 2 unspecified atom stereocenters. The third-order valence-corrected chi connectivity index (χ3v) is 5.73. The highest BCUT2D eigenvalue weighted by Gasteiger charge is 2.28. The van der Waals surface area contributed by atoms with Gasteiger partial charge in [0.2, 0.25) is 0 Å². The van der Waals surface area contributed by atoms with Crippen molar-refractivity contribution in [2.24, 2.45) is 4.99 Å². The highest BCUT2D eigenvalue weighted by atomic mass is 19.1. The number of carbonyl (C=O) groups excluding carboxylic acids is 1. The van der Waals surface area contributed by atoms with Gasteiger partial charge >= 0.3 is 0 Å². The fourth-order valence-electron chi connectivity index (χ4n) is 3.99. The van der Waals surface area contributed by atoms with Gasteiger partial charge in [0.15, 0.2) is 6.10 Å². The normalized spacial score (nSPS) is 18.4. The van der Waals surface area contributed by atoms with Gasteiger partial charge in [0.25, 0.3) is 5.91 Å². The minimum absolute atomic E-state index is 0.0219. The minimum atomic E-state index is -1.38. The van der Waals surface area contributed by atoms with E-state index < -0.39 is 18.6 Å². The van der Waals surface area contributed by atoms with Gasteiger partial charge in [0.05, 0.1) is 24.2 Å². The summed E-state index contributed by atoms with van der Waals surface area (Å²) in [6.45, 7) is 8.26. The molecule has 0 aromatic carbocycles. The summed E-state index contributed by atoms with van der Waals surface area (Å²) in [5, 5.41) is 22.3. The lowest BCUT2D eigenvalue weighted by Gasteiger charge is -2.35. The van der Waals surface area contributed by atoms with Gasteiger partial charge in [-0.1, -0.05) is 5.57 Å². The van der Waals surface area contributed by atoms with Crippen molar-refractivity contribution in [3.05, 3.63) is 59.1 Å². The fraction of sp³-hybridized carbons (Fsp3) is 0.458. The Morgan fingerprint density at radius 1 is 1.36 bits per heavy atom. The molecule has 0 aliphatic carbocycles. The first-order valence-electron chi connectivity index (χ1n) is 11.1. The second kappa shape index (κ2) is 10.7. The van der Waals surface area contributed by atoms with Crippen LogP contribution < -0.4 is 5.32 Å². The third kappa shape index (κ3) is 5.85. The van der Waals surface area contributed by atoms with Crippen molar-refractivity contribution in [2.45, 2.75) is 52.7 Å². The molecule has 178 valence electrons. The van der Waals surface area contributed by atoms with E-state index in [4.69, 9.17) is 5.11 Å². The number of amides is 1. The molecule has 0 spiro atoms. The molecule has 33 heavy (non-hydrogen) atoms. The number of aliphatic hydroxyl groups excluding tert-OH is 2. The van der Waals surface area contributed by atoms with Crippen molar-refractivity contribution in [1.29, 1.82) is 0 Å². The smallest absolute Gasteiger partial charge is 0.253 e. The maximum Gasteiger partial charge on any atom is 0.253 e. The van der Waals surface area contributed by atoms with Gasteiger partial charge in [-0.25, -0.2) is 9.37 Å². The molecular weight excluding hydrogens is 425 g/mol. The van der Waals surface area contributed by atoms with E-state index in [-0.39, 0.29) is 11.9 Å². The molecule has 3 rings (SSSR count). The summed E-state index contributed by atoms with van der Waals surface area (Å²) in [7, 11) is 0. The number of pyridine rings is 1. The Morgan fingerprint density at radius 3 is 2.82 bits per heavy atom. The number of likely N-dealkylation sites (tertiary alicyclic amines) is 1. The first-order chi connectivity index (χ1) is 15.7. The van der Waals surface area contributed by atoms with Crippen LogP contribution in [0.5, 0.6) is 0 Å². The molecule has 9 heteroatoms. The van der Waals surface area contributed by atoms with E-state index in [1.54, 1.807) is 27.8 Å². The number of hydrogen-bond acceptors (Lipinski definition) is 6. The Balaban J connectivity index is 1.76. The predicted molar refractivity (Wildman–Crippen MR) is 125 cm³/mol. The van der Waals surface area contributed by atoms with Crippen molar-refractivity contribution in [3.63, 3.8) is 0 Å². The average Bonchev–Trinajstić information content (AvgIpc) is 3.22. The first-order valence-corrected chi connectivity index (χ1v) is 11.1. The Hall–Kier alpha value is -3.04. The summed E-state index contributed by atoms with van der Waals surface area (Å²) in [4.78, 5) is 22.7. The molecule has 2 aromatic heterocycles. The van der Waals surface area contributed by atoms with Crippen LogP contribution in [-0.2, 0) is 4.79 Å². The van der Waals surface area contributed by atoms with Crippen LogP contribution >= 0.6 is 0 Å². The molecule has 3 heterocycles. The van der Waals surface area contributed by atoms with Crippen molar-refractivity contribution in [2.75, 3.05) is 19.7 Å². The zero-order valence-electron chi connectivity index (χ0n) is 19.5. The number of nitrogens with one attached hydrogen (secondary N) is 1. The zero-order chi connectivity index (χ0) is 24.1. The maximum absolute atomic E-state index is 13.7. The number of hydrogen-bond donors (Lipinski definition) is 3. The molecular formula is C24H32FN5O3. The van der Waals surface area contributed by atoms with Crippen molar-refractivity contribution in [1.82, 2.24) is 19.6 Å². The van der Waals surface area contributed by atoms with E-state index in [0.29, 0.717) is 30.1 Å². The molecule has 3 N–H and O–H groups in total. The SMILES string of the molecule is CC(=N/C=C(/C)C(NC1CCCN(C(=O)C(O)CO)C1)=C(C)C)c1cnc2ccc(F)cn12. The van der Waals surface area contributed by atoms with Crippen molar-refractivity contribution in [3.8, 4) is 0 Å². The second-order valence-electron chi connectivity index (χ2n) is 8.59. The molecule has 1 fully saturated rings. The van der Waals surface area contributed by atoms with Crippen molar-refractivity contribution < 1.29 is 19.4 Å². The average molecular weight is 458 g/mol. The predicted octanol–water partition coefficient (Wildman–Crippen LogP) is 2.41. The molecule has 8 nitrogen and oxygen atoms in total. The Bertz CT molecular complexity index is 1100. The standard InChI is InChI=1S/C24H32FN5O3/c1-15(2)23(28-19-6-5-9-29(13-19)24(33)21(32)14-31)16(3)10-26-17(4)20-11-27-22-8-7-18(25)12-30(20)22/h7-8,10-12,19,21,28,31-32H,5-6,9,13-14H2,1-4H3/b16-10-,26-17?. The molecule has 1 saturated heterocycles. The van der Waals surface area contributed by atoms with E-state index in [9.17, 15) is 14.3 Å². The van der Waals surface area contributed by atoms with E-state index >= 15 is 0 Å². The minimum Gasteiger partial charge on any atom is -0.393 e. The molecule has 0 bridgehead atoms. The Morgan fingerprint density at radius 2 is 2.12 bits per heavy atom. The van der Waals surface area contributed by atoms with Gasteiger partial charge in [-0.15, -0.1) is 0 Å². The highest BCUT2D eigenvalue weighted by Crippen LogP contribution is 2.18. The van der Waals surface area contributed by atoms with Gasteiger partial charge in [-0.05, 0) is 58.2 Å². The maximum atomic E-state index is 13.7. The van der Waals surface area contributed by atoms with Gasteiger partial charge < -0.3 is 20.4 Å². The molecule has 1 aliphatic heterocycles. The Labute approximate surface area is 193 Å². The summed E-state index contributed by atoms with van der Waals surface area (Å²) < 4.78 is 15.3. The number of aliphatic imine (C=N–C) groups is 1. The van der Waals surface area contributed by atoms with E-state index in [1.165, 1.54) is 12.3 Å². The van der Waals surface area contributed by atoms with Crippen LogP contribution in [0.4, 0.5) is 4.39 Å². The molecule has 1 aliphatic rings. The number of rotatable bonds is 7. The highest BCUT2D eigenvalue weighted by molar-refractivity contribution is 5.98. The van der Waals surface area contributed by atoms with Crippen LogP contribution in [0.1, 0.15) is 46.2 Å². The lowest BCUT2D eigenvalue weighted by Crippen LogP contribution is -2.51. The third-order valence-electron chi connectivity index (χ3n) is 5.73. The summed E-state index contributed by atoms with van der Waals surface area (Å²) in [6.07, 6.45) is 5.15. The van der Waals surface area contributed by atoms with Crippen molar-refractivity contribution >= 4 is 17.3 Å². The Kier molecular flexibility index (Phi) is 7.99. The number of allylic oxidation sites excluding steroid dienone is 2. The van der Waals surface area contributed by atoms with Gasteiger partial charge in [-0.3, -0.25) is 14.2 Å². The lowest BCUT2D eigenvalue weighted by atomic mass is 10.0. The fourth-order valence-corrected chi connectivity index (χ4v) is 3.99. The zero-order valence-corrected chi connectivity index (χ0v) is 19.5. The monoisotopic (exact) mass is 457 g/mol. The number of aromatic nitrogens is 2. The van der Waals surface area contributed by atoms with Crippen LogP contribution in [0.15, 0.2) is 52.6 Å². The van der Waals surface area contributed by atoms with Crippen LogP contribution in [0.3, 0.4) is 0 Å². The number of imidazole rings is 1. The molecule has 0 radical (unpaired) electrons. The van der Waals surface area contributed by atoms with Crippen LogP contribution in [0.2, 0.25) is 0 Å². The number of carbonyl (C=O) groups is 1. The molecule has 2 atom stereocenters. The van der Waals surface area contributed by atoms with E-state index in [0.717, 1.165) is 29.7 Å². The molecule has 1 amide bonds. The number of fused-ring (bicyclic) bond motifs is 1. The van der Waals surface area contributed by atoms with Crippen LogP contribution in [-0.4, -0.2) is 68.0 Å². The number of halogens is 1. The van der Waals surface area contributed by atoms with Crippen LogP contribution in [0, 0.1) is 5.82 Å². The van der Waals surface area contributed by atoms with Gasteiger partial charge in [-0.2, -0.15) is 0 Å². The largest absolute Gasteiger partial charge is 0.393 e. The van der Waals surface area contributed by atoms with Gasteiger partial charge in [0.1, 0.15) is 11.5 Å². The lowest BCUT2D eigenvalue weighted by molar-refractivity contribution is -0.143.